The van der Waals surface area contributed by atoms with E-state index in [9.17, 15) is 0 Å². The molecule has 21 heavy (non-hydrogen) atoms. The number of aromatic nitrogens is 1. The number of rotatable bonds is 5. The first-order valence-corrected chi connectivity index (χ1v) is 8.46. The van der Waals surface area contributed by atoms with E-state index in [0.717, 1.165) is 18.0 Å². The molecule has 3 rings (SSSR count). The molecule has 0 spiro atoms. The van der Waals surface area contributed by atoms with Gasteiger partial charge in [0.25, 0.3) is 0 Å². The number of nitrogens with zero attached hydrogens (tertiary/aromatic N) is 1. The lowest BCUT2D eigenvalue weighted by molar-refractivity contribution is 0.272. The Balaban J connectivity index is 1.88. The van der Waals surface area contributed by atoms with Crippen molar-refractivity contribution in [3.63, 3.8) is 0 Å². The first-order valence-electron chi connectivity index (χ1n) is 8.46. The van der Waals surface area contributed by atoms with Crippen LogP contribution in [0.25, 0.3) is 10.9 Å². The first kappa shape index (κ1) is 14.5. The van der Waals surface area contributed by atoms with E-state index in [1.54, 1.807) is 0 Å². The number of hydrogen-bond acceptors (Lipinski definition) is 2. The molecule has 0 bridgehead atoms. The third-order valence-electron chi connectivity index (χ3n) is 4.71. The minimum Gasteiger partial charge on any atom is -0.310 e. The van der Waals surface area contributed by atoms with Crippen LogP contribution in [0.4, 0.5) is 0 Å². The van der Waals surface area contributed by atoms with Crippen LogP contribution < -0.4 is 5.32 Å². The van der Waals surface area contributed by atoms with Crippen LogP contribution in [0.1, 0.15) is 57.1 Å². The molecule has 0 saturated heterocycles. The van der Waals surface area contributed by atoms with Crippen LogP contribution in [0.15, 0.2) is 36.5 Å². The van der Waals surface area contributed by atoms with Gasteiger partial charge in [-0.3, -0.25) is 4.98 Å². The summed E-state index contributed by atoms with van der Waals surface area (Å²) < 4.78 is 0. The Labute approximate surface area is 128 Å². The summed E-state index contributed by atoms with van der Waals surface area (Å²) in [6, 6.07) is 11.2. The zero-order valence-electron chi connectivity index (χ0n) is 13.0. The van der Waals surface area contributed by atoms with Crippen LogP contribution in [-0.4, -0.2) is 11.5 Å². The molecule has 2 nitrogen and oxygen atoms in total. The van der Waals surface area contributed by atoms with Gasteiger partial charge in [-0.25, -0.2) is 0 Å². The minimum absolute atomic E-state index is 0.474. The summed E-state index contributed by atoms with van der Waals surface area (Å²) in [5.74, 6) is 0.772. The highest BCUT2D eigenvalue weighted by Crippen LogP contribution is 2.35. The second-order valence-electron chi connectivity index (χ2n) is 6.29. The SMILES string of the molecule is CCCNC(c1cnc2ccccc2c1)C1CCCCC1. The van der Waals surface area contributed by atoms with E-state index in [2.05, 4.69) is 53.8 Å². The van der Waals surface area contributed by atoms with E-state index in [-0.39, 0.29) is 0 Å². The molecule has 1 unspecified atom stereocenters. The van der Waals surface area contributed by atoms with Crippen molar-refractivity contribution in [3.8, 4) is 0 Å². The van der Waals surface area contributed by atoms with Gasteiger partial charge in [-0.15, -0.1) is 0 Å². The summed E-state index contributed by atoms with van der Waals surface area (Å²) in [6.07, 6.45) is 10.2. The highest BCUT2D eigenvalue weighted by atomic mass is 14.9. The van der Waals surface area contributed by atoms with Crippen LogP contribution in [0.3, 0.4) is 0 Å². The molecule has 1 aliphatic rings. The van der Waals surface area contributed by atoms with Gasteiger partial charge in [0.05, 0.1) is 5.52 Å². The average molecular weight is 282 g/mol. The van der Waals surface area contributed by atoms with Crippen LogP contribution in [-0.2, 0) is 0 Å². The summed E-state index contributed by atoms with van der Waals surface area (Å²) in [5.41, 5.74) is 2.47. The molecule has 1 heterocycles. The van der Waals surface area contributed by atoms with E-state index < -0.39 is 0 Å². The van der Waals surface area contributed by atoms with E-state index in [1.165, 1.54) is 49.5 Å². The van der Waals surface area contributed by atoms with Crippen molar-refractivity contribution >= 4 is 10.9 Å². The second-order valence-corrected chi connectivity index (χ2v) is 6.29. The summed E-state index contributed by atoms with van der Waals surface area (Å²) in [4.78, 5) is 4.66. The zero-order valence-corrected chi connectivity index (χ0v) is 13.0. The smallest absolute Gasteiger partial charge is 0.0702 e. The van der Waals surface area contributed by atoms with Crippen LogP contribution in [0, 0.1) is 5.92 Å². The van der Waals surface area contributed by atoms with Crippen molar-refractivity contribution in [2.75, 3.05) is 6.54 Å². The fourth-order valence-corrected chi connectivity index (χ4v) is 3.58. The van der Waals surface area contributed by atoms with Gasteiger partial charge in [-0.05, 0) is 49.4 Å². The normalized spacial score (nSPS) is 18.0. The minimum atomic E-state index is 0.474. The highest BCUT2D eigenvalue weighted by Gasteiger charge is 2.24. The molecule has 1 N–H and O–H groups in total. The Morgan fingerprint density at radius 2 is 2.00 bits per heavy atom. The van der Waals surface area contributed by atoms with Crippen molar-refractivity contribution in [2.24, 2.45) is 5.92 Å². The molecular weight excluding hydrogens is 256 g/mol. The maximum Gasteiger partial charge on any atom is 0.0702 e. The van der Waals surface area contributed by atoms with Crippen molar-refractivity contribution in [3.05, 3.63) is 42.1 Å². The number of benzene rings is 1. The van der Waals surface area contributed by atoms with Gasteiger partial charge in [-0.2, -0.15) is 0 Å². The highest BCUT2D eigenvalue weighted by molar-refractivity contribution is 5.78. The number of para-hydroxylation sites is 1. The monoisotopic (exact) mass is 282 g/mol. The van der Waals surface area contributed by atoms with Crippen LogP contribution in [0.2, 0.25) is 0 Å². The molecule has 0 aliphatic heterocycles. The predicted octanol–water partition coefficient (Wildman–Crippen LogP) is 4.86. The van der Waals surface area contributed by atoms with Crippen molar-refractivity contribution in [1.82, 2.24) is 10.3 Å². The number of fused-ring (bicyclic) bond motifs is 1. The molecule has 0 radical (unpaired) electrons. The number of pyridine rings is 1. The van der Waals surface area contributed by atoms with Crippen LogP contribution in [0.5, 0.6) is 0 Å². The first-order chi connectivity index (χ1) is 10.4. The second kappa shape index (κ2) is 7.04. The van der Waals surface area contributed by atoms with Gasteiger partial charge in [0.1, 0.15) is 0 Å². The van der Waals surface area contributed by atoms with Crippen molar-refractivity contribution < 1.29 is 0 Å². The Bertz CT molecular complexity index is 573. The molecule has 2 heteroatoms. The number of nitrogens with one attached hydrogen (secondary N) is 1. The molecule has 2 aromatic rings. The largest absolute Gasteiger partial charge is 0.310 e. The Kier molecular flexibility index (Phi) is 4.87. The summed E-state index contributed by atoms with van der Waals surface area (Å²) in [7, 11) is 0. The molecule has 1 fully saturated rings. The van der Waals surface area contributed by atoms with E-state index in [4.69, 9.17) is 0 Å². The third-order valence-corrected chi connectivity index (χ3v) is 4.71. The van der Waals surface area contributed by atoms with E-state index in [1.807, 2.05) is 0 Å². The fraction of sp³-hybridized carbons (Fsp3) is 0.526. The standard InChI is InChI=1S/C19H26N2/c1-2-12-20-19(15-8-4-3-5-9-15)17-13-16-10-6-7-11-18(16)21-14-17/h6-7,10-11,13-15,19-20H,2-5,8-9,12H2,1H3. The van der Waals surface area contributed by atoms with Gasteiger partial charge >= 0.3 is 0 Å². The molecule has 1 saturated carbocycles. The molecule has 0 amide bonds. The van der Waals surface area contributed by atoms with Gasteiger partial charge < -0.3 is 5.32 Å². The quantitative estimate of drug-likeness (QED) is 0.847. The maximum absolute atomic E-state index is 4.66. The molecule has 112 valence electrons. The lowest BCUT2D eigenvalue weighted by Crippen LogP contribution is -2.30. The molecule has 1 aromatic carbocycles. The number of hydrogen-bond donors (Lipinski definition) is 1. The van der Waals surface area contributed by atoms with Gasteiger partial charge in [0.2, 0.25) is 0 Å². The lowest BCUT2D eigenvalue weighted by Gasteiger charge is -2.31. The van der Waals surface area contributed by atoms with Crippen LogP contribution >= 0.6 is 0 Å². The Morgan fingerprint density at radius 3 is 2.81 bits per heavy atom. The topological polar surface area (TPSA) is 24.9 Å². The molecular formula is C19H26N2. The average Bonchev–Trinajstić information content (AvgIpc) is 2.56. The van der Waals surface area contributed by atoms with Crippen molar-refractivity contribution in [2.45, 2.75) is 51.5 Å². The van der Waals surface area contributed by atoms with Gasteiger partial charge in [0, 0.05) is 17.6 Å². The third kappa shape index (κ3) is 3.44. The predicted molar refractivity (Wildman–Crippen MR) is 89.4 cm³/mol. The molecule has 1 aliphatic carbocycles. The molecule has 1 aromatic heterocycles. The van der Waals surface area contributed by atoms with E-state index in [0.29, 0.717) is 6.04 Å². The van der Waals surface area contributed by atoms with E-state index >= 15 is 0 Å². The fourth-order valence-electron chi connectivity index (χ4n) is 3.58. The summed E-state index contributed by atoms with van der Waals surface area (Å²) in [6.45, 7) is 3.33. The van der Waals surface area contributed by atoms with Crippen molar-refractivity contribution in [1.29, 1.82) is 0 Å². The summed E-state index contributed by atoms with van der Waals surface area (Å²) >= 11 is 0. The van der Waals surface area contributed by atoms with Gasteiger partial charge in [-0.1, -0.05) is 44.4 Å². The lowest BCUT2D eigenvalue weighted by atomic mass is 9.81. The molecule has 1 atom stereocenters. The Hall–Kier alpha value is -1.41. The Morgan fingerprint density at radius 1 is 1.19 bits per heavy atom. The maximum atomic E-state index is 4.66. The summed E-state index contributed by atoms with van der Waals surface area (Å²) in [5, 5.41) is 5.04. The van der Waals surface area contributed by atoms with Gasteiger partial charge in [0.15, 0.2) is 0 Å². The zero-order chi connectivity index (χ0) is 14.5.